The summed E-state index contributed by atoms with van der Waals surface area (Å²) in [4.78, 5) is 25.1. The average molecular weight is 283 g/mol. The molecule has 4 nitrogen and oxygen atoms in total. The molecular weight excluding hydrogens is 269 g/mol. The highest BCUT2D eigenvalue weighted by molar-refractivity contribution is 7.86. The van der Waals surface area contributed by atoms with Gasteiger partial charge < -0.3 is 4.90 Å². The van der Waals surface area contributed by atoms with Gasteiger partial charge >= 0.3 is 0 Å². The third-order valence-corrected chi connectivity index (χ3v) is 4.72. The van der Waals surface area contributed by atoms with Crippen molar-refractivity contribution in [2.45, 2.75) is 24.0 Å². The number of alkyl halides is 1. The molecule has 0 spiro atoms. The van der Waals surface area contributed by atoms with Gasteiger partial charge in [-0.3, -0.25) is 13.8 Å². The van der Waals surface area contributed by atoms with Crippen LogP contribution in [-0.4, -0.2) is 34.4 Å². The van der Waals surface area contributed by atoms with E-state index in [0.717, 1.165) is 0 Å². The number of ketones is 1. The Morgan fingerprint density at radius 2 is 2.16 bits per heavy atom. The van der Waals surface area contributed by atoms with Gasteiger partial charge in [0.1, 0.15) is 11.9 Å². The first-order chi connectivity index (χ1) is 8.97. The van der Waals surface area contributed by atoms with Gasteiger partial charge in [0.2, 0.25) is 5.91 Å². The van der Waals surface area contributed by atoms with Crippen molar-refractivity contribution in [2.24, 2.45) is 0 Å². The predicted octanol–water partition coefficient (Wildman–Crippen LogP) is 1.70. The fraction of sp³-hybridized carbons (Fsp3) is 0.385. The van der Waals surface area contributed by atoms with E-state index in [1.54, 1.807) is 19.1 Å². The smallest absolute Gasteiger partial charge is 0.242 e. The highest BCUT2D eigenvalue weighted by atomic mass is 32.2. The molecule has 0 aliphatic carbocycles. The average Bonchev–Trinajstić information content (AvgIpc) is 2.40. The summed E-state index contributed by atoms with van der Waals surface area (Å²) in [5.41, 5.74) is 0.873. The van der Waals surface area contributed by atoms with Crippen LogP contribution >= 0.6 is 0 Å². The molecule has 0 aromatic heterocycles. The minimum atomic E-state index is -1.51. The maximum atomic E-state index is 12.6. The van der Waals surface area contributed by atoms with E-state index in [0.29, 0.717) is 16.1 Å². The number of rotatable bonds is 3. The van der Waals surface area contributed by atoms with Crippen LogP contribution < -0.4 is 4.90 Å². The van der Waals surface area contributed by atoms with Crippen LogP contribution in [0.25, 0.3) is 0 Å². The number of carbonyl (C=O) groups excluding carboxylic acids is 2. The number of carbonyl (C=O) groups is 2. The number of anilines is 1. The first-order valence-corrected chi connectivity index (χ1v) is 7.11. The molecule has 6 heteroatoms. The molecule has 19 heavy (non-hydrogen) atoms. The second-order valence-corrected chi connectivity index (χ2v) is 6.10. The van der Waals surface area contributed by atoms with Gasteiger partial charge in [-0.25, -0.2) is 4.39 Å². The van der Waals surface area contributed by atoms with Crippen molar-refractivity contribution in [2.75, 3.05) is 18.1 Å². The molecule has 1 aromatic carbocycles. The van der Waals surface area contributed by atoms with Gasteiger partial charge in [-0.05, 0) is 32.0 Å². The summed E-state index contributed by atoms with van der Waals surface area (Å²) in [5, 5.41) is -0.721. The standard InChI is InChI=1S/C13H14FNO3S/c1-8(16)10-3-4-11-12(7-10)19(18)9(2)13(17)15(11)6-5-14/h3-4,7,9H,5-6H2,1-2H3. The molecule has 102 valence electrons. The maximum Gasteiger partial charge on any atom is 0.242 e. The van der Waals surface area contributed by atoms with E-state index in [4.69, 9.17) is 0 Å². The number of benzene rings is 1. The lowest BCUT2D eigenvalue weighted by atomic mass is 10.1. The molecule has 0 saturated heterocycles. The van der Waals surface area contributed by atoms with Crippen LogP contribution in [0.15, 0.2) is 23.1 Å². The summed E-state index contributed by atoms with van der Waals surface area (Å²) in [6, 6.07) is 4.65. The molecule has 2 atom stereocenters. The molecule has 2 unspecified atom stereocenters. The van der Waals surface area contributed by atoms with Gasteiger partial charge in [0.05, 0.1) is 27.9 Å². The minimum absolute atomic E-state index is 0.0627. The Labute approximate surface area is 113 Å². The second kappa shape index (κ2) is 5.21. The molecule has 0 radical (unpaired) electrons. The first kappa shape index (κ1) is 13.9. The Morgan fingerprint density at radius 3 is 2.74 bits per heavy atom. The highest BCUT2D eigenvalue weighted by Gasteiger charge is 2.35. The van der Waals surface area contributed by atoms with Crippen molar-refractivity contribution in [3.63, 3.8) is 0 Å². The van der Waals surface area contributed by atoms with Crippen LogP contribution in [0, 0.1) is 0 Å². The van der Waals surface area contributed by atoms with E-state index in [2.05, 4.69) is 0 Å². The molecule has 1 heterocycles. The molecule has 1 aromatic rings. The van der Waals surface area contributed by atoms with Crippen molar-refractivity contribution >= 4 is 28.2 Å². The molecule has 1 aliphatic heterocycles. The Morgan fingerprint density at radius 1 is 1.47 bits per heavy atom. The van der Waals surface area contributed by atoms with Crippen LogP contribution in [0.2, 0.25) is 0 Å². The third kappa shape index (κ3) is 2.32. The normalized spacial score (nSPS) is 22.3. The van der Waals surface area contributed by atoms with Crippen molar-refractivity contribution in [3.8, 4) is 0 Å². The lowest BCUT2D eigenvalue weighted by Gasteiger charge is -2.31. The fourth-order valence-corrected chi connectivity index (χ4v) is 3.37. The summed E-state index contributed by atoms with van der Waals surface area (Å²) in [5.74, 6) is -0.486. The van der Waals surface area contributed by atoms with Crippen molar-refractivity contribution < 1.29 is 18.2 Å². The quantitative estimate of drug-likeness (QED) is 0.793. The molecule has 0 saturated carbocycles. The van der Waals surface area contributed by atoms with Crippen LogP contribution in [-0.2, 0) is 15.6 Å². The van der Waals surface area contributed by atoms with E-state index < -0.39 is 22.7 Å². The molecule has 0 bridgehead atoms. The monoisotopic (exact) mass is 283 g/mol. The van der Waals surface area contributed by atoms with Gasteiger partial charge in [-0.2, -0.15) is 0 Å². The van der Waals surface area contributed by atoms with Gasteiger partial charge in [0, 0.05) is 5.56 Å². The number of fused-ring (bicyclic) bond motifs is 1. The largest absolute Gasteiger partial charge is 0.308 e. The first-order valence-electron chi connectivity index (χ1n) is 5.90. The highest BCUT2D eigenvalue weighted by Crippen LogP contribution is 2.32. The Bertz CT molecular complexity index is 573. The molecule has 0 fully saturated rings. The van der Waals surface area contributed by atoms with Crippen LogP contribution in [0.4, 0.5) is 10.1 Å². The Balaban J connectivity index is 2.57. The van der Waals surface area contributed by atoms with Crippen LogP contribution in [0.1, 0.15) is 24.2 Å². The zero-order valence-corrected chi connectivity index (χ0v) is 11.5. The molecular formula is C13H14FNO3S. The minimum Gasteiger partial charge on any atom is -0.308 e. The summed E-state index contributed by atoms with van der Waals surface area (Å²) >= 11 is 0. The van der Waals surface area contributed by atoms with E-state index >= 15 is 0 Å². The fourth-order valence-electron chi connectivity index (χ4n) is 2.05. The Hall–Kier alpha value is -1.56. The molecule has 2 rings (SSSR count). The number of hydrogen-bond acceptors (Lipinski definition) is 3. The molecule has 1 aliphatic rings. The van der Waals surface area contributed by atoms with Crippen molar-refractivity contribution in [1.82, 2.24) is 0 Å². The number of hydrogen-bond donors (Lipinski definition) is 0. The summed E-state index contributed by atoms with van der Waals surface area (Å²) in [6.45, 7) is 2.24. The number of halogens is 1. The summed E-state index contributed by atoms with van der Waals surface area (Å²) in [6.07, 6.45) is 0. The zero-order valence-electron chi connectivity index (χ0n) is 10.7. The van der Waals surface area contributed by atoms with E-state index in [1.165, 1.54) is 17.9 Å². The lowest BCUT2D eigenvalue weighted by Crippen LogP contribution is -2.45. The number of nitrogens with zero attached hydrogens (tertiary/aromatic N) is 1. The molecule has 0 N–H and O–H groups in total. The second-order valence-electron chi connectivity index (χ2n) is 4.36. The van der Waals surface area contributed by atoms with E-state index in [-0.39, 0.29) is 18.2 Å². The number of Topliss-reactive ketones (excluding diaryl/α,β-unsaturated/α-hetero) is 1. The van der Waals surface area contributed by atoms with E-state index in [1.807, 2.05) is 0 Å². The van der Waals surface area contributed by atoms with Crippen molar-refractivity contribution in [3.05, 3.63) is 23.8 Å². The van der Waals surface area contributed by atoms with Gasteiger partial charge in [-0.15, -0.1) is 0 Å². The SMILES string of the molecule is CC(=O)c1ccc2c(c1)S(=O)C(C)C(=O)N2CCF. The lowest BCUT2D eigenvalue weighted by molar-refractivity contribution is -0.118. The summed E-state index contributed by atoms with van der Waals surface area (Å²) in [7, 11) is -1.51. The Kier molecular flexibility index (Phi) is 3.80. The van der Waals surface area contributed by atoms with E-state index in [9.17, 15) is 18.2 Å². The van der Waals surface area contributed by atoms with Gasteiger partial charge in [0.25, 0.3) is 0 Å². The topological polar surface area (TPSA) is 54.5 Å². The molecule has 1 amide bonds. The maximum absolute atomic E-state index is 12.6. The third-order valence-electron chi connectivity index (χ3n) is 3.12. The van der Waals surface area contributed by atoms with Crippen LogP contribution in [0.3, 0.4) is 0 Å². The number of amides is 1. The van der Waals surface area contributed by atoms with Gasteiger partial charge in [-0.1, -0.05) is 0 Å². The zero-order chi connectivity index (χ0) is 14.2. The predicted molar refractivity (Wildman–Crippen MR) is 70.6 cm³/mol. The summed E-state index contributed by atoms with van der Waals surface area (Å²) < 4.78 is 24.8. The van der Waals surface area contributed by atoms with Crippen LogP contribution in [0.5, 0.6) is 0 Å². The van der Waals surface area contributed by atoms with Gasteiger partial charge in [0.15, 0.2) is 5.78 Å². The van der Waals surface area contributed by atoms with Crippen molar-refractivity contribution in [1.29, 1.82) is 0 Å².